The zero-order chi connectivity index (χ0) is 9.68. The van der Waals surface area contributed by atoms with Crippen molar-refractivity contribution in [3.63, 3.8) is 0 Å². The standard InChI is InChI=1S/C9H11FN2O/c10-8-3-1-2-7(6-8)4-5-12-9(11)13/h1-3,6H,4-5H2,(H3,11,12,13). The molecule has 0 atom stereocenters. The molecule has 0 aliphatic rings. The Morgan fingerprint density at radius 2 is 2.31 bits per heavy atom. The minimum atomic E-state index is -0.559. The highest BCUT2D eigenvalue weighted by Gasteiger charge is 1.95. The molecule has 70 valence electrons. The van der Waals surface area contributed by atoms with E-state index in [1.807, 2.05) is 0 Å². The van der Waals surface area contributed by atoms with Crippen LogP contribution in [-0.2, 0) is 6.42 Å². The normalized spacial score (nSPS) is 9.62. The summed E-state index contributed by atoms with van der Waals surface area (Å²) in [6, 6.07) is 5.69. The molecule has 1 aromatic carbocycles. The van der Waals surface area contributed by atoms with Crippen LogP contribution >= 0.6 is 0 Å². The summed E-state index contributed by atoms with van der Waals surface area (Å²) in [6.07, 6.45) is 0.584. The summed E-state index contributed by atoms with van der Waals surface area (Å²) in [6.45, 7) is 0.429. The van der Waals surface area contributed by atoms with Crippen molar-refractivity contribution < 1.29 is 9.18 Å². The van der Waals surface area contributed by atoms with E-state index in [2.05, 4.69) is 5.32 Å². The first-order valence-corrected chi connectivity index (χ1v) is 3.96. The highest BCUT2D eigenvalue weighted by atomic mass is 19.1. The molecule has 0 spiro atoms. The monoisotopic (exact) mass is 182 g/mol. The molecule has 4 heteroatoms. The highest BCUT2D eigenvalue weighted by Crippen LogP contribution is 2.03. The number of hydrogen-bond acceptors (Lipinski definition) is 1. The van der Waals surface area contributed by atoms with Gasteiger partial charge in [0.1, 0.15) is 5.82 Å². The molecular formula is C9H11FN2O. The minimum absolute atomic E-state index is 0.267. The molecule has 2 amide bonds. The van der Waals surface area contributed by atoms with Gasteiger partial charge in [-0.15, -0.1) is 0 Å². The molecule has 0 saturated heterocycles. The number of urea groups is 1. The van der Waals surface area contributed by atoms with Crippen LogP contribution in [0.3, 0.4) is 0 Å². The van der Waals surface area contributed by atoms with Crippen LogP contribution in [0.2, 0.25) is 0 Å². The van der Waals surface area contributed by atoms with Gasteiger partial charge < -0.3 is 11.1 Å². The van der Waals surface area contributed by atoms with Crippen molar-refractivity contribution in [2.45, 2.75) is 6.42 Å². The van der Waals surface area contributed by atoms with Crippen LogP contribution in [-0.4, -0.2) is 12.6 Å². The van der Waals surface area contributed by atoms with Crippen molar-refractivity contribution in [2.24, 2.45) is 5.73 Å². The molecule has 3 N–H and O–H groups in total. The van der Waals surface area contributed by atoms with E-state index in [4.69, 9.17) is 5.73 Å². The number of rotatable bonds is 3. The molecule has 1 aromatic rings. The molecule has 0 aliphatic carbocycles. The third kappa shape index (κ3) is 3.55. The summed E-state index contributed by atoms with van der Waals surface area (Å²) in [5.74, 6) is -0.267. The van der Waals surface area contributed by atoms with Gasteiger partial charge in [0, 0.05) is 6.54 Å². The fraction of sp³-hybridized carbons (Fsp3) is 0.222. The lowest BCUT2D eigenvalue weighted by molar-refractivity contribution is 0.249. The fourth-order valence-corrected chi connectivity index (χ4v) is 1.02. The number of hydrogen-bond donors (Lipinski definition) is 2. The maximum absolute atomic E-state index is 12.6. The third-order valence-electron chi connectivity index (χ3n) is 1.60. The van der Waals surface area contributed by atoms with E-state index in [0.29, 0.717) is 13.0 Å². The lowest BCUT2D eigenvalue weighted by Gasteiger charge is -2.01. The molecule has 1 rings (SSSR count). The Kier molecular flexibility index (Phi) is 3.25. The smallest absolute Gasteiger partial charge is 0.312 e. The Hall–Kier alpha value is -1.58. The van der Waals surface area contributed by atoms with Gasteiger partial charge in [-0.3, -0.25) is 0 Å². The predicted octanol–water partition coefficient (Wildman–Crippen LogP) is 1.04. The van der Waals surface area contributed by atoms with Crippen molar-refractivity contribution >= 4 is 6.03 Å². The molecule has 0 saturated carbocycles. The second-order valence-electron chi connectivity index (χ2n) is 2.67. The Balaban J connectivity index is 2.41. The first-order valence-electron chi connectivity index (χ1n) is 3.96. The van der Waals surface area contributed by atoms with E-state index < -0.39 is 6.03 Å². The summed E-state index contributed by atoms with van der Waals surface area (Å²) >= 11 is 0. The first-order chi connectivity index (χ1) is 6.18. The second kappa shape index (κ2) is 4.45. The number of nitrogens with two attached hydrogens (primary N) is 1. The van der Waals surface area contributed by atoms with Crippen molar-refractivity contribution in [3.8, 4) is 0 Å². The van der Waals surface area contributed by atoms with E-state index in [1.165, 1.54) is 12.1 Å². The molecule has 0 unspecified atom stereocenters. The van der Waals surface area contributed by atoms with Crippen LogP contribution in [0, 0.1) is 5.82 Å². The Labute approximate surface area is 75.7 Å². The lowest BCUT2D eigenvalue weighted by atomic mass is 10.1. The minimum Gasteiger partial charge on any atom is -0.352 e. The van der Waals surface area contributed by atoms with Gasteiger partial charge in [0.15, 0.2) is 0 Å². The topological polar surface area (TPSA) is 55.1 Å². The van der Waals surface area contributed by atoms with Gasteiger partial charge in [-0.2, -0.15) is 0 Å². The Bertz CT molecular complexity index is 301. The van der Waals surface area contributed by atoms with Gasteiger partial charge in [-0.25, -0.2) is 9.18 Å². The van der Waals surface area contributed by atoms with Gasteiger partial charge in [-0.05, 0) is 24.1 Å². The predicted molar refractivity (Wildman–Crippen MR) is 47.7 cm³/mol. The number of nitrogens with one attached hydrogen (secondary N) is 1. The van der Waals surface area contributed by atoms with Crippen molar-refractivity contribution in [3.05, 3.63) is 35.6 Å². The molecule has 3 nitrogen and oxygen atoms in total. The van der Waals surface area contributed by atoms with Gasteiger partial charge in [0.25, 0.3) is 0 Å². The largest absolute Gasteiger partial charge is 0.352 e. The lowest BCUT2D eigenvalue weighted by Crippen LogP contribution is -2.30. The van der Waals surface area contributed by atoms with Crippen molar-refractivity contribution in [2.75, 3.05) is 6.54 Å². The average molecular weight is 182 g/mol. The maximum atomic E-state index is 12.6. The molecule has 0 bridgehead atoms. The van der Waals surface area contributed by atoms with Crippen LogP contribution in [0.1, 0.15) is 5.56 Å². The molecule has 0 heterocycles. The zero-order valence-electron chi connectivity index (χ0n) is 7.09. The fourth-order valence-electron chi connectivity index (χ4n) is 1.02. The highest BCUT2D eigenvalue weighted by molar-refractivity contribution is 5.71. The first kappa shape index (κ1) is 9.51. The van der Waals surface area contributed by atoms with E-state index in [0.717, 1.165) is 5.56 Å². The van der Waals surface area contributed by atoms with E-state index in [9.17, 15) is 9.18 Å². The van der Waals surface area contributed by atoms with Crippen LogP contribution in [0.15, 0.2) is 24.3 Å². The number of carbonyl (C=O) groups is 1. The van der Waals surface area contributed by atoms with Crippen LogP contribution in [0.5, 0.6) is 0 Å². The molecular weight excluding hydrogens is 171 g/mol. The summed E-state index contributed by atoms with van der Waals surface area (Å²) in [5, 5.41) is 2.43. The summed E-state index contributed by atoms with van der Waals surface area (Å²) < 4.78 is 12.6. The molecule has 0 aromatic heterocycles. The summed E-state index contributed by atoms with van der Waals surface area (Å²) in [5.41, 5.74) is 5.70. The van der Waals surface area contributed by atoms with E-state index >= 15 is 0 Å². The Morgan fingerprint density at radius 3 is 2.92 bits per heavy atom. The van der Waals surface area contributed by atoms with E-state index in [-0.39, 0.29) is 5.82 Å². The quantitative estimate of drug-likeness (QED) is 0.720. The molecule has 0 aliphatic heterocycles. The number of primary amides is 1. The molecule has 0 radical (unpaired) electrons. The van der Waals surface area contributed by atoms with Gasteiger partial charge >= 0.3 is 6.03 Å². The summed E-state index contributed by atoms with van der Waals surface area (Å²) in [7, 11) is 0. The second-order valence-corrected chi connectivity index (χ2v) is 2.67. The van der Waals surface area contributed by atoms with E-state index in [1.54, 1.807) is 12.1 Å². The number of carbonyl (C=O) groups excluding carboxylic acids is 1. The van der Waals surface area contributed by atoms with Crippen LogP contribution < -0.4 is 11.1 Å². The SMILES string of the molecule is NC(=O)NCCc1cccc(F)c1. The van der Waals surface area contributed by atoms with Gasteiger partial charge in [0.2, 0.25) is 0 Å². The van der Waals surface area contributed by atoms with Crippen molar-refractivity contribution in [1.29, 1.82) is 0 Å². The molecule has 0 fully saturated rings. The van der Waals surface area contributed by atoms with Crippen LogP contribution in [0.25, 0.3) is 0 Å². The zero-order valence-corrected chi connectivity index (χ0v) is 7.09. The number of benzene rings is 1. The average Bonchev–Trinajstić information content (AvgIpc) is 2.03. The molecule has 13 heavy (non-hydrogen) atoms. The van der Waals surface area contributed by atoms with Gasteiger partial charge in [-0.1, -0.05) is 12.1 Å². The summed E-state index contributed by atoms with van der Waals surface area (Å²) in [4.78, 5) is 10.3. The van der Waals surface area contributed by atoms with Gasteiger partial charge in [0.05, 0.1) is 0 Å². The Morgan fingerprint density at radius 1 is 1.54 bits per heavy atom. The number of halogens is 1. The number of amides is 2. The van der Waals surface area contributed by atoms with Crippen molar-refractivity contribution in [1.82, 2.24) is 5.32 Å². The third-order valence-corrected chi connectivity index (χ3v) is 1.60. The van der Waals surface area contributed by atoms with Crippen LogP contribution in [0.4, 0.5) is 9.18 Å². The maximum Gasteiger partial charge on any atom is 0.312 e.